The summed E-state index contributed by atoms with van der Waals surface area (Å²) in [6, 6.07) is 17.3. The van der Waals surface area contributed by atoms with Gasteiger partial charge in [0, 0.05) is 5.69 Å². The summed E-state index contributed by atoms with van der Waals surface area (Å²) in [6.45, 7) is 1.79. The number of oxazole rings is 1. The maximum absolute atomic E-state index is 12.4. The second-order valence-electron chi connectivity index (χ2n) is 7.39. The van der Waals surface area contributed by atoms with Gasteiger partial charge in [0.25, 0.3) is 5.91 Å². The summed E-state index contributed by atoms with van der Waals surface area (Å²) < 4.78 is 17.1. The maximum atomic E-state index is 12.4. The first-order chi connectivity index (χ1) is 17.4. The van der Waals surface area contributed by atoms with E-state index in [1.165, 1.54) is 6.07 Å². The van der Waals surface area contributed by atoms with E-state index in [1.54, 1.807) is 49.4 Å². The number of nitrogens with one attached hydrogen (secondary N) is 1. The van der Waals surface area contributed by atoms with Crippen LogP contribution >= 0.6 is 34.8 Å². The quantitative estimate of drug-likeness (QED) is 0.235. The number of carbonyl (C=O) groups is 1. The minimum absolute atomic E-state index is 0.187. The molecule has 4 aromatic rings. The number of halogens is 3. The minimum Gasteiger partial charge on any atom is -0.490 e. The summed E-state index contributed by atoms with van der Waals surface area (Å²) >= 11 is 18.4. The number of nitriles is 1. The van der Waals surface area contributed by atoms with Crippen LogP contribution < -0.4 is 14.8 Å². The molecule has 0 saturated heterocycles. The Kier molecular flexibility index (Phi) is 8.01. The van der Waals surface area contributed by atoms with Crippen molar-refractivity contribution in [3.8, 4) is 17.6 Å². The first-order valence-corrected chi connectivity index (χ1v) is 11.8. The molecular formula is C26H18Cl3N3O4. The van der Waals surface area contributed by atoms with E-state index in [9.17, 15) is 10.1 Å². The Labute approximate surface area is 221 Å². The normalized spacial score (nSPS) is 11.2. The first-order valence-electron chi connectivity index (χ1n) is 10.7. The molecule has 1 heterocycles. The molecule has 0 bridgehead atoms. The van der Waals surface area contributed by atoms with E-state index in [0.717, 1.165) is 0 Å². The van der Waals surface area contributed by atoms with Crippen molar-refractivity contribution in [2.24, 2.45) is 0 Å². The average Bonchev–Trinajstić information content (AvgIpc) is 3.28. The average molecular weight is 543 g/mol. The number of benzene rings is 3. The summed E-state index contributed by atoms with van der Waals surface area (Å²) in [6.07, 6.45) is 1.58. The third-order valence-electron chi connectivity index (χ3n) is 4.84. The Balaban J connectivity index is 1.55. The standard InChI is InChI=1S/C26H18Cl3N3O4/c1-2-34-23-11-15(9-16(13-30)26-32-21-5-3-4-6-22(21)36-26)10-20(29)25(23)35-14-24(33)31-17-7-8-18(27)19(28)12-17/h3-12H,2,14H2,1H3,(H,31,33)/b16-9+. The molecule has 0 radical (unpaired) electrons. The molecule has 0 aliphatic carbocycles. The fraction of sp³-hybridized carbons (Fsp3) is 0.115. The summed E-state index contributed by atoms with van der Waals surface area (Å²) in [5.74, 6) is 0.263. The zero-order valence-electron chi connectivity index (χ0n) is 18.8. The van der Waals surface area contributed by atoms with Crippen molar-refractivity contribution in [1.29, 1.82) is 5.26 Å². The molecule has 0 unspecified atom stereocenters. The predicted octanol–water partition coefficient (Wildman–Crippen LogP) is 7.27. The minimum atomic E-state index is -0.432. The van der Waals surface area contributed by atoms with Gasteiger partial charge in [0.15, 0.2) is 23.7 Å². The van der Waals surface area contributed by atoms with Crippen molar-refractivity contribution in [3.63, 3.8) is 0 Å². The van der Waals surface area contributed by atoms with Gasteiger partial charge in [-0.15, -0.1) is 0 Å². The number of rotatable bonds is 8. The molecule has 4 rings (SSSR count). The van der Waals surface area contributed by atoms with Crippen molar-refractivity contribution in [3.05, 3.63) is 81.1 Å². The number of anilines is 1. The molecule has 36 heavy (non-hydrogen) atoms. The van der Waals surface area contributed by atoms with Crippen LogP contribution in [0.25, 0.3) is 22.7 Å². The molecular weight excluding hydrogens is 525 g/mol. The molecule has 182 valence electrons. The topological polar surface area (TPSA) is 97.4 Å². The van der Waals surface area contributed by atoms with Crippen molar-refractivity contribution in [1.82, 2.24) is 4.98 Å². The summed E-state index contributed by atoms with van der Waals surface area (Å²) in [4.78, 5) is 16.8. The molecule has 1 aromatic heterocycles. The number of ether oxygens (including phenoxy) is 2. The van der Waals surface area contributed by atoms with Gasteiger partial charge in [0.2, 0.25) is 5.89 Å². The van der Waals surface area contributed by atoms with Crippen LogP contribution in [0.2, 0.25) is 15.1 Å². The molecule has 1 N–H and O–H groups in total. The fourth-order valence-corrected chi connectivity index (χ4v) is 3.85. The number of carbonyl (C=O) groups excluding carboxylic acids is 1. The van der Waals surface area contributed by atoms with Gasteiger partial charge in [-0.3, -0.25) is 4.79 Å². The van der Waals surface area contributed by atoms with E-state index in [4.69, 9.17) is 48.7 Å². The van der Waals surface area contributed by atoms with Crippen molar-refractivity contribution in [2.75, 3.05) is 18.5 Å². The molecule has 1 amide bonds. The molecule has 0 aliphatic rings. The van der Waals surface area contributed by atoms with Crippen LogP contribution in [-0.4, -0.2) is 24.1 Å². The van der Waals surface area contributed by atoms with E-state index in [-0.39, 0.29) is 28.8 Å². The van der Waals surface area contributed by atoms with Crippen LogP contribution in [0.4, 0.5) is 5.69 Å². The van der Waals surface area contributed by atoms with Crippen LogP contribution in [0, 0.1) is 11.3 Å². The summed E-state index contributed by atoms with van der Waals surface area (Å²) in [5, 5.41) is 13.3. The Bertz CT molecular complexity index is 1480. The molecule has 10 heteroatoms. The van der Waals surface area contributed by atoms with E-state index in [1.807, 2.05) is 12.1 Å². The summed E-state index contributed by atoms with van der Waals surface area (Å²) in [5.41, 5.74) is 2.46. The SMILES string of the molecule is CCOc1cc(/C=C(\C#N)c2nc3ccccc3o2)cc(Cl)c1OCC(=O)Nc1ccc(Cl)c(Cl)c1. The van der Waals surface area contributed by atoms with Gasteiger partial charge in [-0.25, -0.2) is 4.98 Å². The van der Waals surface area contributed by atoms with Gasteiger partial charge in [-0.05, 0) is 61.0 Å². The summed E-state index contributed by atoms with van der Waals surface area (Å²) in [7, 11) is 0. The maximum Gasteiger partial charge on any atom is 0.262 e. The Hall–Kier alpha value is -3.70. The van der Waals surface area contributed by atoms with Gasteiger partial charge in [-0.1, -0.05) is 46.9 Å². The van der Waals surface area contributed by atoms with Crippen LogP contribution in [-0.2, 0) is 4.79 Å². The van der Waals surface area contributed by atoms with Crippen molar-refractivity contribution >= 4 is 69.1 Å². The predicted molar refractivity (Wildman–Crippen MR) is 141 cm³/mol. The second kappa shape index (κ2) is 11.4. The first kappa shape index (κ1) is 25.4. The zero-order valence-corrected chi connectivity index (χ0v) is 21.1. The van der Waals surface area contributed by atoms with Crippen LogP contribution in [0.5, 0.6) is 11.5 Å². The highest BCUT2D eigenvalue weighted by atomic mass is 35.5. The Morgan fingerprint density at radius 3 is 2.61 bits per heavy atom. The second-order valence-corrected chi connectivity index (χ2v) is 8.61. The largest absolute Gasteiger partial charge is 0.490 e. The lowest BCUT2D eigenvalue weighted by molar-refractivity contribution is -0.118. The number of aromatic nitrogens is 1. The van der Waals surface area contributed by atoms with E-state index < -0.39 is 5.91 Å². The zero-order chi connectivity index (χ0) is 25.7. The Morgan fingerprint density at radius 2 is 1.89 bits per heavy atom. The molecule has 0 spiro atoms. The molecule has 0 saturated carbocycles. The number of amides is 1. The molecule has 0 aliphatic heterocycles. The van der Waals surface area contributed by atoms with Crippen LogP contribution in [0.1, 0.15) is 18.4 Å². The number of fused-ring (bicyclic) bond motifs is 1. The number of hydrogen-bond donors (Lipinski definition) is 1. The Morgan fingerprint density at radius 1 is 1.08 bits per heavy atom. The lowest BCUT2D eigenvalue weighted by Gasteiger charge is -2.14. The van der Waals surface area contributed by atoms with Crippen molar-refractivity contribution < 1.29 is 18.7 Å². The molecule has 7 nitrogen and oxygen atoms in total. The number of hydrogen-bond acceptors (Lipinski definition) is 6. The monoisotopic (exact) mass is 541 g/mol. The molecule has 0 atom stereocenters. The van der Waals surface area contributed by atoms with Gasteiger partial charge in [-0.2, -0.15) is 5.26 Å². The van der Waals surface area contributed by atoms with Gasteiger partial charge >= 0.3 is 0 Å². The van der Waals surface area contributed by atoms with E-state index in [2.05, 4.69) is 16.4 Å². The highest BCUT2D eigenvalue weighted by Gasteiger charge is 2.16. The lowest BCUT2D eigenvalue weighted by atomic mass is 10.1. The van der Waals surface area contributed by atoms with Gasteiger partial charge < -0.3 is 19.2 Å². The van der Waals surface area contributed by atoms with Crippen molar-refractivity contribution in [2.45, 2.75) is 6.92 Å². The third-order valence-corrected chi connectivity index (χ3v) is 5.86. The van der Waals surface area contributed by atoms with Gasteiger partial charge in [0.05, 0.1) is 21.7 Å². The number of nitrogens with zero attached hydrogens (tertiary/aromatic N) is 2. The number of para-hydroxylation sites is 2. The van der Waals surface area contributed by atoms with Crippen LogP contribution in [0.15, 0.2) is 59.0 Å². The lowest BCUT2D eigenvalue weighted by Crippen LogP contribution is -2.20. The highest BCUT2D eigenvalue weighted by molar-refractivity contribution is 6.42. The van der Waals surface area contributed by atoms with Crippen LogP contribution in [0.3, 0.4) is 0 Å². The smallest absolute Gasteiger partial charge is 0.262 e. The van der Waals surface area contributed by atoms with E-state index in [0.29, 0.717) is 44.8 Å². The number of allylic oxidation sites excluding steroid dienone is 1. The van der Waals surface area contributed by atoms with E-state index >= 15 is 0 Å². The third kappa shape index (κ3) is 5.92. The molecule has 0 fully saturated rings. The molecule has 3 aromatic carbocycles. The van der Waals surface area contributed by atoms with Gasteiger partial charge in [0.1, 0.15) is 17.2 Å². The fourth-order valence-electron chi connectivity index (χ4n) is 3.28. The highest BCUT2D eigenvalue weighted by Crippen LogP contribution is 2.38.